The van der Waals surface area contributed by atoms with E-state index in [1.165, 1.54) is 23.4 Å². The molecule has 0 N–H and O–H groups in total. The van der Waals surface area contributed by atoms with Crippen molar-refractivity contribution < 1.29 is 22.7 Å². The van der Waals surface area contributed by atoms with E-state index in [2.05, 4.69) is 4.90 Å². The van der Waals surface area contributed by atoms with E-state index in [0.717, 1.165) is 12.1 Å². The summed E-state index contributed by atoms with van der Waals surface area (Å²) in [4.78, 5) is 25.4. The monoisotopic (exact) mass is 456 g/mol. The summed E-state index contributed by atoms with van der Waals surface area (Å²) in [6.45, 7) is 5.87. The molecule has 2 aliphatic rings. The van der Waals surface area contributed by atoms with Gasteiger partial charge in [-0.05, 0) is 31.5 Å². The van der Waals surface area contributed by atoms with Crippen molar-refractivity contribution in [2.75, 3.05) is 26.2 Å². The lowest BCUT2D eigenvalue weighted by Crippen LogP contribution is -2.54. The van der Waals surface area contributed by atoms with Gasteiger partial charge in [0.2, 0.25) is 10.0 Å². The quantitative estimate of drug-likeness (QED) is 0.621. The predicted molar refractivity (Wildman–Crippen MR) is 120 cm³/mol. The van der Waals surface area contributed by atoms with Crippen molar-refractivity contribution in [2.45, 2.75) is 43.9 Å². The molecule has 8 heteroatoms. The molecule has 1 spiro atoms. The molecule has 2 heterocycles. The SMILES string of the molecule is CC(=O)c1ccc(CN2CCC3(CC2)OCCN3S(=O)(=O)c2ccc(C(C)=O)cc2)cc1. The number of hydrogen-bond donors (Lipinski definition) is 0. The van der Waals surface area contributed by atoms with Gasteiger partial charge in [-0.2, -0.15) is 4.31 Å². The molecule has 0 saturated carbocycles. The summed E-state index contributed by atoms with van der Waals surface area (Å²) in [6.07, 6.45) is 1.17. The van der Waals surface area contributed by atoms with Crippen LogP contribution in [0.1, 0.15) is 53.0 Å². The fourth-order valence-corrected chi connectivity index (χ4v) is 6.20. The van der Waals surface area contributed by atoms with Gasteiger partial charge in [-0.1, -0.05) is 36.4 Å². The third-order valence-electron chi connectivity index (χ3n) is 6.37. The first-order chi connectivity index (χ1) is 15.2. The Morgan fingerprint density at radius 2 is 1.41 bits per heavy atom. The van der Waals surface area contributed by atoms with Crippen LogP contribution in [0.4, 0.5) is 0 Å². The van der Waals surface area contributed by atoms with E-state index in [1.807, 2.05) is 24.3 Å². The van der Waals surface area contributed by atoms with Crippen LogP contribution in [-0.4, -0.2) is 61.2 Å². The molecule has 0 unspecified atom stereocenters. The van der Waals surface area contributed by atoms with Crippen molar-refractivity contribution in [3.63, 3.8) is 0 Å². The van der Waals surface area contributed by atoms with Gasteiger partial charge in [-0.3, -0.25) is 14.5 Å². The van der Waals surface area contributed by atoms with Crippen molar-refractivity contribution in [1.82, 2.24) is 9.21 Å². The van der Waals surface area contributed by atoms with Crippen LogP contribution in [0.25, 0.3) is 0 Å². The summed E-state index contributed by atoms with van der Waals surface area (Å²) in [5, 5.41) is 0. The maximum Gasteiger partial charge on any atom is 0.245 e. The number of nitrogens with zero attached hydrogens (tertiary/aromatic N) is 2. The molecule has 2 fully saturated rings. The van der Waals surface area contributed by atoms with Gasteiger partial charge in [-0.15, -0.1) is 0 Å². The highest BCUT2D eigenvalue weighted by molar-refractivity contribution is 7.89. The first kappa shape index (κ1) is 22.8. The van der Waals surface area contributed by atoms with E-state index in [-0.39, 0.29) is 16.5 Å². The number of piperidine rings is 1. The average Bonchev–Trinajstić information content (AvgIpc) is 3.20. The Bertz CT molecular complexity index is 1100. The Morgan fingerprint density at radius 3 is 1.94 bits per heavy atom. The molecule has 0 atom stereocenters. The number of ketones is 2. The number of likely N-dealkylation sites (tertiary alicyclic amines) is 1. The molecule has 32 heavy (non-hydrogen) atoms. The Kier molecular flexibility index (Phi) is 6.31. The van der Waals surface area contributed by atoms with Crippen LogP contribution < -0.4 is 0 Å². The van der Waals surface area contributed by atoms with E-state index in [0.29, 0.717) is 50.2 Å². The zero-order valence-corrected chi connectivity index (χ0v) is 19.2. The number of sulfonamides is 1. The minimum Gasteiger partial charge on any atom is -0.358 e. The normalized spacial score (nSPS) is 19.3. The van der Waals surface area contributed by atoms with Gasteiger partial charge in [0, 0.05) is 50.1 Å². The minimum atomic E-state index is -3.73. The van der Waals surface area contributed by atoms with Gasteiger partial charge in [0.1, 0.15) is 5.72 Å². The molecule has 2 aliphatic heterocycles. The largest absolute Gasteiger partial charge is 0.358 e. The van der Waals surface area contributed by atoms with Crippen LogP contribution in [0.15, 0.2) is 53.4 Å². The fraction of sp³-hybridized carbons (Fsp3) is 0.417. The van der Waals surface area contributed by atoms with E-state index < -0.39 is 15.7 Å². The van der Waals surface area contributed by atoms with Crippen molar-refractivity contribution in [1.29, 1.82) is 0 Å². The minimum absolute atomic E-state index is 0.0482. The van der Waals surface area contributed by atoms with E-state index in [4.69, 9.17) is 4.74 Å². The van der Waals surface area contributed by atoms with Crippen molar-refractivity contribution in [3.05, 3.63) is 65.2 Å². The second-order valence-electron chi connectivity index (χ2n) is 8.48. The lowest BCUT2D eigenvalue weighted by molar-refractivity contribution is -0.0917. The maximum absolute atomic E-state index is 13.4. The van der Waals surface area contributed by atoms with E-state index >= 15 is 0 Å². The van der Waals surface area contributed by atoms with Crippen LogP contribution in [-0.2, 0) is 21.3 Å². The number of carbonyl (C=O) groups is 2. The van der Waals surface area contributed by atoms with Crippen molar-refractivity contribution in [2.24, 2.45) is 0 Å². The standard InChI is InChI=1S/C24H28N2O5S/c1-18(27)21-5-3-20(4-6-21)17-25-13-11-24(12-14-25)26(15-16-31-24)32(29,30)23-9-7-22(8-10-23)19(2)28/h3-10H,11-17H2,1-2H3. The summed E-state index contributed by atoms with van der Waals surface area (Å²) in [6, 6.07) is 13.7. The molecule has 0 bridgehead atoms. The van der Waals surface area contributed by atoms with Crippen LogP contribution in [0.2, 0.25) is 0 Å². The molecule has 0 amide bonds. The first-order valence-electron chi connectivity index (χ1n) is 10.8. The molecule has 0 aliphatic carbocycles. The van der Waals surface area contributed by atoms with Crippen molar-refractivity contribution >= 4 is 21.6 Å². The smallest absolute Gasteiger partial charge is 0.245 e. The number of hydrogen-bond acceptors (Lipinski definition) is 6. The zero-order chi connectivity index (χ0) is 22.9. The van der Waals surface area contributed by atoms with Gasteiger partial charge in [0.05, 0.1) is 11.5 Å². The maximum atomic E-state index is 13.4. The third-order valence-corrected chi connectivity index (χ3v) is 8.34. The topological polar surface area (TPSA) is 84.0 Å². The molecule has 170 valence electrons. The van der Waals surface area contributed by atoms with Crippen LogP contribution in [0.5, 0.6) is 0 Å². The Hall–Kier alpha value is -2.39. The van der Waals surface area contributed by atoms with E-state index in [1.54, 1.807) is 19.1 Å². The van der Waals surface area contributed by atoms with Gasteiger partial charge in [-0.25, -0.2) is 8.42 Å². The summed E-state index contributed by atoms with van der Waals surface area (Å²) < 4.78 is 34.3. The zero-order valence-electron chi connectivity index (χ0n) is 18.4. The first-order valence-corrected chi connectivity index (χ1v) is 12.3. The predicted octanol–water partition coefficient (Wildman–Crippen LogP) is 3.11. The Morgan fingerprint density at radius 1 is 0.875 bits per heavy atom. The number of benzene rings is 2. The number of Topliss-reactive ketones (excluding diaryl/α,β-unsaturated/α-hetero) is 2. The highest BCUT2D eigenvalue weighted by atomic mass is 32.2. The second kappa shape index (κ2) is 8.86. The van der Waals surface area contributed by atoms with Gasteiger partial charge in [0.15, 0.2) is 11.6 Å². The van der Waals surface area contributed by atoms with Gasteiger partial charge < -0.3 is 4.74 Å². The Labute approximate surface area is 189 Å². The molecule has 2 saturated heterocycles. The molecule has 0 radical (unpaired) electrons. The number of rotatable bonds is 6. The molecule has 7 nitrogen and oxygen atoms in total. The highest BCUT2D eigenvalue weighted by Crippen LogP contribution is 2.38. The number of ether oxygens (including phenoxy) is 1. The summed E-state index contributed by atoms with van der Waals surface area (Å²) >= 11 is 0. The van der Waals surface area contributed by atoms with Crippen molar-refractivity contribution in [3.8, 4) is 0 Å². The van der Waals surface area contributed by atoms with Gasteiger partial charge >= 0.3 is 0 Å². The molecule has 4 rings (SSSR count). The summed E-state index contributed by atoms with van der Waals surface area (Å²) in [7, 11) is -3.73. The lowest BCUT2D eigenvalue weighted by Gasteiger charge is -2.42. The Balaban J connectivity index is 1.45. The average molecular weight is 457 g/mol. The molecule has 0 aromatic heterocycles. The van der Waals surface area contributed by atoms with Crippen LogP contribution >= 0.6 is 0 Å². The molecule has 2 aromatic carbocycles. The lowest BCUT2D eigenvalue weighted by atomic mass is 10.00. The third kappa shape index (κ3) is 4.41. The highest BCUT2D eigenvalue weighted by Gasteiger charge is 2.50. The summed E-state index contributed by atoms with van der Waals surface area (Å²) in [5.41, 5.74) is 1.48. The van der Waals surface area contributed by atoms with E-state index in [9.17, 15) is 18.0 Å². The second-order valence-corrected chi connectivity index (χ2v) is 10.3. The molecular weight excluding hydrogens is 428 g/mol. The van der Waals surface area contributed by atoms with Gasteiger partial charge in [0.25, 0.3) is 0 Å². The fourth-order valence-electron chi connectivity index (χ4n) is 4.48. The van der Waals surface area contributed by atoms with Crippen LogP contribution in [0, 0.1) is 0 Å². The van der Waals surface area contributed by atoms with Crippen LogP contribution in [0.3, 0.4) is 0 Å². The number of carbonyl (C=O) groups excluding carboxylic acids is 2. The molecular formula is C24H28N2O5S. The molecule has 2 aromatic rings. The summed E-state index contributed by atoms with van der Waals surface area (Å²) in [5.74, 6) is -0.0506.